The molecule has 0 aliphatic carbocycles. The lowest BCUT2D eigenvalue weighted by Crippen LogP contribution is -2.41. The molecule has 0 saturated heterocycles. The van der Waals surface area contributed by atoms with E-state index in [1.54, 1.807) is 13.0 Å². The normalized spacial score (nSPS) is 11.8. The van der Waals surface area contributed by atoms with Crippen LogP contribution in [0.4, 0.5) is 5.69 Å². The number of nitrogens with two attached hydrogens (primary N) is 1. The zero-order chi connectivity index (χ0) is 13.7. The molecule has 0 radical (unpaired) electrons. The summed E-state index contributed by atoms with van der Waals surface area (Å²) in [6.07, 6.45) is 0. The molecule has 0 unspecified atom stereocenters. The summed E-state index contributed by atoms with van der Waals surface area (Å²) in [5.41, 5.74) is 7.07. The highest BCUT2D eigenvalue weighted by Gasteiger charge is 2.09. The Morgan fingerprint density at radius 1 is 1.44 bits per heavy atom. The van der Waals surface area contributed by atoms with Crippen molar-refractivity contribution < 1.29 is 9.59 Å². The van der Waals surface area contributed by atoms with E-state index in [9.17, 15) is 9.59 Å². The number of hydrogen-bond acceptors (Lipinski definition) is 3. The molecule has 1 aromatic carbocycles. The summed E-state index contributed by atoms with van der Waals surface area (Å²) >= 11 is 3.38. The van der Waals surface area contributed by atoms with Crippen LogP contribution < -0.4 is 16.4 Å². The van der Waals surface area contributed by atoms with Gasteiger partial charge in [0.05, 0.1) is 12.6 Å². The lowest BCUT2D eigenvalue weighted by molar-refractivity contribution is -0.124. The fraction of sp³-hybridized carbons (Fsp3) is 0.333. The van der Waals surface area contributed by atoms with E-state index in [4.69, 9.17) is 5.73 Å². The number of aryl methyl sites for hydroxylation is 1. The van der Waals surface area contributed by atoms with Crippen LogP contribution in [0.1, 0.15) is 12.5 Å². The molecule has 18 heavy (non-hydrogen) atoms. The molecule has 0 bridgehead atoms. The minimum atomic E-state index is -0.618. The van der Waals surface area contributed by atoms with Gasteiger partial charge in [-0.25, -0.2) is 0 Å². The molecule has 1 rings (SSSR count). The molecule has 0 aliphatic heterocycles. The van der Waals surface area contributed by atoms with Gasteiger partial charge in [-0.15, -0.1) is 0 Å². The smallest absolute Gasteiger partial charge is 0.243 e. The number of benzene rings is 1. The third kappa shape index (κ3) is 4.46. The number of amides is 2. The third-order valence-corrected chi connectivity index (χ3v) is 3.17. The van der Waals surface area contributed by atoms with Crippen LogP contribution in [0.5, 0.6) is 0 Å². The number of carbonyl (C=O) groups is 2. The average molecular weight is 314 g/mol. The number of halogens is 1. The van der Waals surface area contributed by atoms with Gasteiger partial charge in [0.25, 0.3) is 0 Å². The van der Waals surface area contributed by atoms with Crippen LogP contribution in [-0.2, 0) is 9.59 Å². The molecule has 5 nitrogen and oxygen atoms in total. The quantitative estimate of drug-likeness (QED) is 0.780. The van der Waals surface area contributed by atoms with E-state index in [-0.39, 0.29) is 18.4 Å². The summed E-state index contributed by atoms with van der Waals surface area (Å²) in [6.45, 7) is 3.40. The highest BCUT2D eigenvalue weighted by Crippen LogP contribution is 2.19. The fourth-order valence-electron chi connectivity index (χ4n) is 1.26. The van der Waals surface area contributed by atoms with Gasteiger partial charge < -0.3 is 16.4 Å². The predicted octanol–water partition coefficient (Wildman–Crippen LogP) is 1.16. The average Bonchev–Trinajstić information content (AvgIpc) is 2.30. The van der Waals surface area contributed by atoms with Crippen LogP contribution in [0.3, 0.4) is 0 Å². The van der Waals surface area contributed by atoms with Crippen LogP contribution in [0.25, 0.3) is 0 Å². The van der Waals surface area contributed by atoms with E-state index in [0.29, 0.717) is 5.69 Å². The Kier molecular flexibility index (Phi) is 5.30. The molecule has 0 aliphatic rings. The molecule has 98 valence electrons. The first-order valence-corrected chi connectivity index (χ1v) is 6.28. The van der Waals surface area contributed by atoms with Crippen LogP contribution >= 0.6 is 15.9 Å². The van der Waals surface area contributed by atoms with Crippen molar-refractivity contribution in [2.24, 2.45) is 5.73 Å². The topological polar surface area (TPSA) is 84.2 Å². The largest absolute Gasteiger partial charge is 0.346 e. The van der Waals surface area contributed by atoms with Crippen molar-refractivity contribution in [3.63, 3.8) is 0 Å². The molecule has 1 atom stereocenters. The van der Waals surface area contributed by atoms with Gasteiger partial charge in [-0.3, -0.25) is 9.59 Å². The van der Waals surface area contributed by atoms with Crippen molar-refractivity contribution in [1.29, 1.82) is 0 Å². The summed E-state index contributed by atoms with van der Waals surface area (Å²) in [4.78, 5) is 22.7. The van der Waals surface area contributed by atoms with Gasteiger partial charge in [0, 0.05) is 10.2 Å². The molecule has 0 heterocycles. The predicted molar refractivity (Wildman–Crippen MR) is 74.2 cm³/mol. The summed E-state index contributed by atoms with van der Waals surface area (Å²) in [6, 6.07) is 4.86. The van der Waals surface area contributed by atoms with E-state index in [2.05, 4.69) is 26.6 Å². The maximum atomic E-state index is 11.6. The Labute approximate surface area is 114 Å². The number of nitrogens with one attached hydrogen (secondary N) is 2. The van der Waals surface area contributed by atoms with E-state index in [0.717, 1.165) is 10.0 Å². The van der Waals surface area contributed by atoms with E-state index >= 15 is 0 Å². The monoisotopic (exact) mass is 313 g/mol. The SMILES string of the molecule is Cc1cc(NC(=O)CNC(=O)[C@H](C)N)ccc1Br. The Morgan fingerprint density at radius 3 is 2.67 bits per heavy atom. The number of carbonyl (C=O) groups excluding carboxylic acids is 2. The highest BCUT2D eigenvalue weighted by atomic mass is 79.9. The Hall–Kier alpha value is -1.40. The maximum absolute atomic E-state index is 11.6. The summed E-state index contributed by atoms with van der Waals surface area (Å²) in [5.74, 6) is -0.636. The highest BCUT2D eigenvalue weighted by molar-refractivity contribution is 9.10. The van der Waals surface area contributed by atoms with Crippen molar-refractivity contribution >= 4 is 33.4 Å². The zero-order valence-electron chi connectivity index (χ0n) is 10.3. The Bertz CT molecular complexity index is 461. The first-order chi connectivity index (χ1) is 8.40. The van der Waals surface area contributed by atoms with Gasteiger partial charge in [-0.05, 0) is 37.6 Å². The van der Waals surface area contributed by atoms with Crippen LogP contribution in [-0.4, -0.2) is 24.4 Å². The first kappa shape index (κ1) is 14.7. The molecule has 4 N–H and O–H groups in total. The van der Waals surface area contributed by atoms with E-state index in [1.807, 2.05) is 19.1 Å². The molecular weight excluding hydrogens is 298 g/mol. The molecule has 1 aromatic rings. The minimum Gasteiger partial charge on any atom is -0.346 e. The summed E-state index contributed by atoms with van der Waals surface area (Å²) in [5, 5.41) is 5.13. The molecular formula is C12H16BrN3O2. The Morgan fingerprint density at radius 2 is 2.11 bits per heavy atom. The molecule has 0 spiro atoms. The van der Waals surface area contributed by atoms with Crippen LogP contribution in [0, 0.1) is 6.92 Å². The fourth-order valence-corrected chi connectivity index (χ4v) is 1.50. The second-order valence-electron chi connectivity index (χ2n) is 4.02. The van der Waals surface area contributed by atoms with E-state index in [1.165, 1.54) is 0 Å². The lowest BCUT2D eigenvalue weighted by atomic mass is 10.2. The number of rotatable bonds is 4. The Balaban J connectivity index is 2.49. The molecule has 0 fully saturated rings. The molecule has 0 aromatic heterocycles. The third-order valence-electron chi connectivity index (χ3n) is 2.28. The van der Waals surface area contributed by atoms with Crippen LogP contribution in [0.15, 0.2) is 22.7 Å². The molecule has 6 heteroatoms. The van der Waals surface area contributed by atoms with Gasteiger partial charge >= 0.3 is 0 Å². The van der Waals surface area contributed by atoms with Crippen LogP contribution in [0.2, 0.25) is 0 Å². The van der Waals surface area contributed by atoms with Crippen molar-refractivity contribution in [1.82, 2.24) is 5.32 Å². The molecule has 2 amide bonds. The number of hydrogen-bond donors (Lipinski definition) is 3. The summed E-state index contributed by atoms with van der Waals surface area (Å²) < 4.78 is 0.978. The second-order valence-corrected chi connectivity index (χ2v) is 4.87. The van der Waals surface area contributed by atoms with Gasteiger partial charge in [0.2, 0.25) is 11.8 Å². The van der Waals surface area contributed by atoms with E-state index < -0.39 is 6.04 Å². The first-order valence-electron chi connectivity index (χ1n) is 5.49. The number of anilines is 1. The minimum absolute atomic E-state index is 0.0878. The van der Waals surface area contributed by atoms with Crippen molar-refractivity contribution in [3.05, 3.63) is 28.2 Å². The van der Waals surface area contributed by atoms with Crippen molar-refractivity contribution in [2.75, 3.05) is 11.9 Å². The van der Waals surface area contributed by atoms with Crippen molar-refractivity contribution in [2.45, 2.75) is 19.9 Å². The summed E-state index contributed by atoms with van der Waals surface area (Å²) in [7, 11) is 0. The lowest BCUT2D eigenvalue weighted by Gasteiger charge is -2.09. The molecule has 0 saturated carbocycles. The maximum Gasteiger partial charge on any atom is 0.243 e. The van der Waals surface area contributed by atoms with Gasteiger partial charge in [0.1, 0.15) is 0 Å². The van der Waals surface area contributed by atoms with Gasteiger partial charge in [-0.1, -0.05) is 15.9 Å². The second kappa shape index (κ2) is 6.51. The van der Waals surface area contributed by atoms with Gasteiger partial charge in [0.15, 0.2) is 0 Å². The zero-order valence-corrected chi connectivity index (χ0v) is 11.9. The van der Waals surface area contributed by atoms with Gasteiger partial charge in [-0.2, -0.15) is 0 Å². The standard InChI is InChI=1S/C12H16BrN3O2/c1-7-5-9(3-4-10(7)13)16-11(17)6-15-12(18)8(2)14/h3-5,8H,6,14H2,1-2H3,(H,15,18)(H,16,17)/t8-/m0/s1. The van der Waals surface area contributed by atoms with Crippen molar-refractivity contribution in [3.8, 4) is 0 Å².